The van der Waals surface area contributed by atoms with Gasteiger partial charge < -0.3 is 10.2 Å². The van der Waals surface area contributed by atoms with Crippen LogP contribution in [0.4, 0.5) is 11.4 Å². The van der Waals surface area contributed by atoms with Crippen molar-refractivity contribution in [3.05, 3.63) is 54.6 Å². The highest BCUT2D eigenvalue weighted by Gasteiger charge is 2.14. The number of nitrogens with zero attached hydrogens (tertiary/aromatic N) is 1. The lowest BCUT2D eigenvalue weighted by molar-refractivity contribution is -0.116. The smallest absolute Gasteiger partial charge is 0.240 e. The van der Waals surface area contributed by atoms with Crippen molar-refractivity contribution < 1.29 is 13.2 Å². The summed E-state index contributed by atoms with van der Waals surface area (Å²) in [6.07, 6.45) is 3.80. The Kier molecular flexibility index (Phi) is 6.47. The lowest BCUT2D eigenvalue weighted by Crippen LogP contribution is -2.29. The molecule has 0 saturated carbocycles. The van der Waals surface area contributed by atoms with Crippen molar-refractivity contribution in [2.45, 2.75) is 30.6 Å². The van der Waals surface area contributed by atoms with Crippen LogP contribution in [0.2, 0.25) is 0 Å². The van der Waals surface area contributed by atoms with Crippen LogP contribution in [0.1, 0.15) is 25.7 Å². The molecule has 0 aromatic heterocycles. The van der Waals surface area contributed by atoms with Crippen molar-refractivity contribution in [1.29, 1.82) is 0 Å². The first kappa shape index (κ1) is 19.4. The molecule has 1 aliphatic rings. The molecule has 0 spiro atoms. The summed E-state index contributed by atoms with van der Waals surface area (Å²) in [6.45, 7) is 2.20. The highest BCUT2D eigenvalue weighted by molar-refractivity contribution is 7.89. The Morgan fingerprint density at radius 3 is 2.26 bits per heavy atom. The zero-order valence-corrected chi connectivity index (χ0v) is 16.0. The fourth-order valence-corrected chi connectivity index (χ4v) is 4.17. The number of amides is 1. The minimum atomic E-state index is -3.58. The van der Waals surface area contributed by atoms with E-state index in [1.165, 1.54) is 37.1 Å². The van der Waals surface area contributed by atoms with Crippen LogP contribution in [0.3, 0.4) is 0 Å². The SMILES string of the molecule is O=C(CCNS(=O)(=O)c1ccccc1)Nc1ccc(N2CCCCC2)cc1. The average Bonchev–Trinajstić information content (AvgIpc) is 2.70. The van der Waals surface area contributed by atoms with Crippen molar-refractivity contribution in [3.63, 3.8) is 0 Å². The second kappa shape index (κ2) is 9.01. The summed E-state index contributed by atoms with van der Waals surface area (Å²) in [5.74, 6) is -0.225. The van der Waals surface area contributed by atoms with Crippen LogP contribution < -0.4 is 14.9 Å². The summed E-state index contributed by atoms with van der Waals surface area (Å²) in [5.41, 5.74) is 1.88. The molecular weight excluding hydrogens is 362 g/mol. The lowest BCUT2D eigenvalue weighted by atomic mass is 10.1. The van der Waals surface area contributed by atoms with E-state index in [2.05, 4.69) is 14.9 Å². The van der Waals surface area contributed by atoms with Crippen molar-refractivity contribution in [1.82, 2.24) is 4.72 Å². The molecule has 7 heteroatoms. The molecule has 0 atom stereocenters. The zero-order valence-electron chi connectivity index (χ0n) is 15.2. The molecule has 6 nitrogen and oxygen atoms in total. The standard InChI is InChI=1S/C20H25N3O3S/c24-20(13-14-21-27(25,26)19-7-3-1-4-8-19)22-17-9-11-18(12-10-17)23-15-5-2-6-16-23/h1,3-4,7-12,21H,2,5-6,13-16H2,(H,22,24). The Morgan fingerprint density at radius 2 is 1.59 bits per heavy atom. The van der Waals surface area contributed by atoms with Gasteiger partial charge in [0.15, 0.2) is 0 Å². The van der Waals surface area contributed by atoms with Gasteiger partial charge in [-0.15, -0.1) is 0 Å². The predicted octanol–water partition coefficient (Wildman–Crippen LogP) is 2.98. The number of benzene rings is 2. The van der Waals surface area contributed by atoms with Crippen molar-refractivity contribution in [3.8, 4) is 0 Å². The predicted molar refractivity (Wildman–Crippen MR) is 107 cm³/mol. The molecule has 1 aliphatic heterocycles. The van der Waals surface area contributed by atoms with Crippen molar-refractivity contribution in [2.75, 3.05) is 29.9 Å². The third-order valence-electron chi connectivity index (χ3n) is 4.57. The van der Waals surface area contributed by atoms with Gasteiger partial charge in [0.05, 0.1) is 4.90 Å². The first-order valence-corrected chi connectivity index (χ1v) is 10.7. The van der Waals surface area contributed by atoms with Gasteiger partial charge >= 0.3 is 0 Å². The van der Waals surface area contributed by atoms with Crippen molar-refractivity contribution >= 4 is 27.3 Å². The first-order valence-electron chi connectivity index (χ1n) is 9.24. The Morgan fingerprint density at radius 1 is 0.926 bits per heavy atom. The van der Waals surface area contributed by atoms with Gasteiger partial charge in [0.2, 0.25) is 15.9 Å². The normalized spacial score (nSPS) is 14.7. The molecule has 144 valence electrons. The molecule has 2 aromatic carbocycles. The molecule has 0 unspecified atom stereocenters. The maximum Gasteiger partial charge on any atom is 0.240 e. The van der Waals surface area contributed by atoms with E-state index in [1.54, 1.807) is 18.2 Å². The van der Waals surface area contributed by atoms with Gasteiger partial charge in [-0.05, 0) is 55.7 Å². The molecule has 0 bridgehead atoms. The van der Waals surface area contributed by atoms with Crippen molar-refractivity contribution in [2.24, 2.45) is 0 Å². The molecule has 0 aliphatic carbocycles. The molecule has 1 saturated heterocycles. The van der Waals surface area contributed by atoms with Gasteiger partial charge in [0.25, 0.3) is 0 Å². The van der Waals surface area contributed by atoms with Gasteiger partial charge in [-0.2, -0.15) is 0 Å². The summed E-state index contributed by atoms with van der Waals surface area (Å²) < 4.78 is 26.7. The number of rotatable bonds is 7. The Balaban J connectivity index is 1.46. The van der Waals surface area contributed by atoms with E-state index < -0.39 is 10.0 Å². The molecule has 2 aromatic rings. The molecule has 2 N–H and O–H groups in total. The third-order valence-corrected chi connectivity index (χ3v) is 6.05. The first-order chi connectivity index (χ1) is 13.0. The molecule has 3 rings (SSSR count). The van der Waals surface area contributed by atoms with Gasteiger partial charge in [-0.1, -0.05) is 18.2 Å². The van der Waals surface area contributed by atoms with Crippen LogP contribution in [-0.2, 0) is 14.8 Å². The minimum absolute atomic E-state index is 0.0505. The van der Waals surface area contributed by atoms with E-state index in [9.17, 15) is 13.2 Å². The number of carbonyl (C=O) groups excluding carboxylic acids is 1. The third kappa shape index (κ3) is 5.55. The van der Waals surface area contributed by atoms with Crippen LogP contribution >= 0.6 is 0 Å². The Bertz CT molecular complexity index is 846. The van der Waals surface area contributed by atoms with E-state index >= 15 is 0 Å². The molecular formula is C20H25N3O3S. The summed E-state index contributed by atoms with van der Waals surface area (Å²) in [6, 6.07) is 15.9. The van der Waals surface area contributed by atoms with Crippen LogP contribution in [-0.4, -0.2) is 34.0 Å². The number of hydrogen-bond donors (Lipinski definition) is 2. The number of carbonyl (C=O) groups is 1. The minimum Gasteiger partial charge on any atom is -0.372 e. The number of nitrogens with one attached hydrogen (secondary N) is 2. The maximum atomic E-state index is 12.1. The van der Waals surface area contributed by atoms with Gasteiger partial charge in [-0.25, -0.2) is 13.1 Å². The van der Waals surface area contributed by atoms with Gasteiger partial charge in [0.1, 0.15) is 0 Å². The fourth-order valence-electron chi connectivity index (χ4n) is 3.11. The van der Waals surface area contributed by atoms with Crippen LogP contribution in [0.15, 0.2) is 59.5 Å². The van der Waals surface area contributed by atoms with Crippen LogP contribution in [0, 0.1) is 0 Å². The highest BCUT2D eigenvalue weighted by atomic mass is 32.2. The molecule has 1 fully saturated rings. The summed E-state index contributed by atoms with van der Waals surface area (Å²) in [4.78, 5) is 14.6. The second-order valence-corrected chi connectivity index (χ2v) is 8.37. The maximum absolute atomic E-state index is 12.1. The van der Waals surface area contributed by atoms with Crippen LogP contribution in [0.25, 0.3) is 0 Å². The van der Waals surface area contributed by atoms with Crippen LogP contribution in [0.5, 0.6) is 0 Å². The number of hydrogen-bond acceptors (Lipinski definition) is 4. The Hall–Kier alpha value is -2.38. The number of anilines is 2. The number of sulfonamides is 1. The Labute approximate surface area is 160 Å². The summed E-state index contributed by atoms with van der Waals surface area (Å²) in [7, 11) is -3.58. The van der Waals surface area contributed by atoms with E-state index in [-0.39, 0.29) is 23.8 Å². The molecule has 1 amide bonds. The molecule has 27 heavy (non-hydrogen) atoms. The topological polar surface area (TPSA) is 78.5 Å². The lowest BCUT2D eigenvalue weighted by Gasteiger charge is -2.28. The average molecular weight is 388 g/mol. The second-order valence-electron chi connectivity index (χ2n) is 6.60. The van der Waals surface area contributed by atoms with E-state index in [0.29, 0.717) is 5.69 Å². The van der Waals surface area contributed by atoms with E-state index in [0.717, 1.165) is 13.1 Å². The van der Waals surface area contributed by atoms with Gasteiger partial charge in [0, 0.05) is 37.4 Å². The summed E-state index contributed by atoms with van der Waals surface area (Å²) in [5, 5.41) is 2.81. The largest absolute Gasteiger partial charge is 0.372 e. The number of piperidine rings is 1. The van der Waals surface area contributed by atoms with Gasteiger partial charge in [-0.3, -0.25) is 4.79 Å². The van der Waals surface area contributed by atoms with E-state index in [4.69, 9.17) is 0 Å². The molecule has 1 heterocycles. The zero-order chi connectivity index (χ0) is 19.1. The monoisotopic (exact) mass is 387 g/mol. The quantitative estimate of drug-likeness (QED) is 0.766. The highest BCUT2D eigenvalue weighted by Crippen LogP contribution is 2.21. The summed E-state index contributed by atoms with van der Waals surface area (Å²) >= 11 is 0. The van der Waals surface area contributed by atoms with E-state index in [1.807, 2.05) is 24.3 Å². The fraction of sp³-hybridized carbons (Fsp3) is 0.350. The molecule has 0 radical (unpaired) electrons.